The Bertz CT molecular complexity index is 498. The van der Waals surface area contributed by atoms with Crippen molar-refractivity contribution in [2.45, 2.75) is 19.8 Å². The fraction of sp³-hybridized carbons (Fsp3) is 0.273. The second-order valence-corrected chi connectivity index (χ2v) is 3.80. The molecule has 0 aliphatic rings. The van der Waals surface area contributed by atoms with Crippen LogP contribution in [0.2, 0.25) is 0 Å². The lowest BCUT2D eigenvalue weighted by Gasteiger charge is -2.07. The molecule has 1 aromatic heterocycles. The third-order valence-electron chi connectivity index (χ3n) is 2.32. The van der Waals surface area contributed by atoms with Gasteiger partial charge in [-0.1, -0.05) is 31.5 Å². The van der Waals surface area contributed by atoms with Crippen LogP contribution in [-0.4, -0.2) is 14.8 Å². The molecule has 0 aliphatic carbocycles. The van der Waals surface area contributed by atoms with Gasteiger partial charge in [0, 0.05) is 0 Å². The van der Waals surface area contributed by atoms with Crippen LogP contribution in [-0.2, 0) is 6.42 Å². The van der Waals surface area contributed by atoms with Gasteiger partial charge in [-0.25, -0.2) is 0 Å². The Hall–Kier alpha value is -1.42. The van der Waals surface area contributed by atoms with Gasteiger partial charge < -0.3 is 0 Å². The van der Waals surface area contributed by atoms with E-state index in [0.717, 1.165) is 18.5 Å². The van der Waals surface area contributed by atoms with E-state index in [1.54, 1.807) is 6.33 Å². The third kappa shape index (κ3) is 1.99. The molecule has 1 N–H and O–H groups in total. The summed E-state index contributed by atoms with van der Waals surface area (Å²) in [7, 11) is 0. The normalized spacial score (nSPS) is 10.5. The Labute approximate surface area is 93.8 Å². The molecule has 0 atom stereocenters. The zero-order chi connectivity index (χ0) is 10.7. The van der Waals surface area contributed by atoms with Gasteiger partial charge in [-0.3, -0.25) is 9.67 Å². The number of H-pyrrole nitrogens is 1. The maximum absolute atomic E-state index is 5.16. The maximum atomic E-state index is 5.16. The first-order valence-corrected chi connectivity index (χ1v) is 5.44. The first-order valence-electron chi connectivity index (χ1n) is 5.03. The number of benzene rings is 1. The number of rotatable bonds is 3. The van der Waals surface area contributed by atoms with Crippen LogP contribution in [0.1, 0.15) is 18.9 Å². The molecule has 0 spiro atoms. The molecule has 0 radical (unpaired) electrons. The van der Waals surface area contributed by atoms with E-state index in [9.17, 15) is 0 Å². The van der Waals surface area contributed by atoms with E-state index in [1.807, 2.05) is 10.6 Å². The lowest BCUT2D eigenvalue weighted by molar-refractivity contribution is 0.894. The van der Waals surface area contributed by atoms with Crippen LogP contribution in [0.5, 0.6) is 0 Å². The molecule has 0 saturated heterocycles. The largest absolute Gasteiger partial charge is 0.274 e. The van der Waals surface area contributed by atoms with Gasteiger partial charge in [0.25, 0.3) is 0 Å². The summed E-state index contributed by atoms with van der Waals surface area (Å²) in [4.78, 5) is 0. The first-order chi connectivity index (χ1) is 7.33. The van der Waals surface area contributed by atoms with Crippen molar-refractivity contribution in [3.63, 3.8) is 0 Å². The van der Waals surface area contributed by atoms with Gasteiger partial charge in [-0.2, -0.15) is 5.10 Å². The molecule has 2 rings (SSSR count). The molecule has 1 heterocycles. The summed E-state index contributed by atoms with van der Waals surface area (Å²) in [5.74, 6) is 0. The zero-order valence-electron chi connectivity index (χ0n) is 8.60. The van der Waals surface area contributed by atoms with Gasteiger partial charge in [0.2, 0.25) is 0 Å². The molecule has 3 nitrogen and oxygen atoms in total. The van der Waals surface area contributed by atoms with Crippen LogP contribution in [0.3, 0.4) is 0 Å². The average Bonchev–Trinajstić information content (AvgIpc) is 2.66. The molecule has 0 amide bonds. The van der Waals surface area contributed by atoms with Crippen molar-refractivity contribution in [1.82, 2.24) is 14.8 Å². The minimum atomic E-state index is 0.638. The van der Waals surface area contributed by atoms with Crippen LogP contribution in [0.25, 0.3) is 5.69 Å². The molecular weight excluding hydrogens is 206 g/mol. The monoisotopic (exact) mass is 219 g/mol. The van der Waals surface area contributed by atoms with E-state index in [0.29, 0.717) is 4.77 Å². The quantitative estimate of drug-likeness (QED) is 0.805. The number of para-hydroxylation sites is 1. The van der Waals surface area contributed by atoms with Gasteiger partial charge in [0.05, 0.1) is 5.69 Å². The predicted octanol–water partition coefficient (Wildman–Crippen LogP) is 2.88. The number of aromatic amines is 1. The highest BCUT2D eigenvalue weighted by Crippen LogP contribution is 2.15. The Morgan fingerprint density at radius 3 is 2.87 bits per heavy atom. The van der Waals surface area contributed by atoms with Crippen LogP contribution in [0.15, 0.2) is 30.6 Å². The number of nitrogens with one attached hydrogen (secondary N) is 1. The molecule has 0 bridgehead atoms. The number of hydrogen-bond acceptors (Lipinski definition) is 2. The van der Waals surface area contributed by atoms with Gasteiger partial charge in [0.15, 0.2) is 4.77 Å². The molecule has 1 aromatic carbocycles. The first kappa shape index (κ1) is 10.1. The summed E-state index contributed by atoms with van der Waals surface area (Å²) in [6.45, 7) is 2.17. The molecule has 78 valence electrons. The highest BCUT2D eigenvalue weighted by atomic mass is 32.1. The number of nitrogens with zero attached hydrogens (tertiary/aromatic N) is 2. The van der Waals surface area contributed by atoms with Crippen molar-refractivity contribution in [3.8, 4) is 5.69 Å². The van der Waals surface area contributed by atoms with Crippen molar-refractivity contribution < 1.29 is 0 Å². The van der Waals surface area contributed by atoms with Gasteiger partial charge >= 0.3 is 0 Å². The summed E-state index contributed by atoms with van der Waals surface area (Å²) in [6.07, 6.45) is 3.90. The number of hydrogen-bond donors (Lipinski definition) is 1. The molecule has 0 fully saturated rings. The van der Waals surface area contributed by atoms with Gasteiger partial charge in [-0.05, 0) is 30.3 Å². The summed E-state index contributed by atoms with van der Waals surface area (Å²) in [6, 6.07) is 8.27. The lowest BCUT2D eigenvalue weighted by atomic mass is 10.1. The second-order valence-electron chi connectivity index (χ2n) is 3.41. The van der Waals surface area contributed by atoms with E-state index in [1.165, 1.54) is 5.56 Å². The van der Waals surface area contributed by atoms with Crippen LogP contribution in [0.4, 0.5) is 0 Å². The molecule has 4 heteroatoms. The fourth-order valence-corrected chi connectivity index (χ4v) is 1.84. The second kappa shape index (κ2) is 4.40. The third-order valence-corrected chi connectivity index (χ3v) is 2.61. The smallest absolute Gasteiger partial charge is 0.199 e. The highest BCUT2D eigenvalue weighted by molar-refractivity contribution is 7.71. The van der Waals surface area contributed by atoms with Gasteiger partial charge in [-0.15, -0.1) is 0 Å². The SMILES string of the molecule is CCCc1ccccc1-n1cn[nH]c1=S. The molecule has 0 aliphatic heterocycles. The van der Waals surface area contributed by atoms with Crippen molar-refractivity contribution in [3.05, 3.63) is 40.9 Å². The summed E-state index contributed by atoms with van der Waals surface area (Å²) < 4.78 is 2.54. The van der Waals surface area contributed by atoms with Crippen LogP contribution >= 0.6 is 12.2 Å². The van der Waals surface area contributed by atoms with Gasteiger partial charge in [0.1, 0.15) is 6.33 Å². The fourth-order valence-electron chi connectivity index (χ4n) is 1.65. The Kier molecular flexibility index (Phi) is 2.97. The van der Waals surface area contributed by atoms with E-state index >= 15 is 0 Å². The number of aryl methyl sites for hydroxylation is 1. The van der Waals surface area contributed by atoms with Crippen LogP contribution < -0.4 is 0 Å². The van der Waals surface area contributed by atoms with Crippen molar-refractivity contribution in [1.29, 1.82) is 0 Å². The standard InChI is InChI=1S/C11H13N3S/c1-2-5-9-6-3-4-7-10(9)14-8-12-13-11(14)15/h3-4,6-8H,2,5H2,1H3,(H,13,15). The van der Waals surface area contributed by atoms with E-state index < -0.39 is 0 Å². The minimum Gasteiger partial charge on any atom is -0.274 e. The Balaban J connectivity index is 2.52. The zero-order valence-corrected chi connectivity index (χ0v) is 9.42. The van der Waals surface area contributed by atoms with Crippen LogP contribution in [0, 0.1) is 4.77 Å². The minimum absolute atomic E-state index is 0.638. The maximum Gasteiger partial charge on any atom is 0.199 e. The van der Waals surface area contributed by atoms with Crippen molar-refractivity contribution >= 4 is 12.2 Å². The van der Waals surface area contributed by atoms with E-state index in [4.69, 9.17) is 12.2 Å². The molecule has 0 saturated carbocycles. The molecular formula is C11H13N3S. The Morgan fingerprint density at radius 1 is 1.40 bits per heavy atom. The number of aromatic nitrogens is 3. The van der Waals surface area contributed by atoms with E-state index in [-0.39, 0.29) is 0 Å². The molecule has 15 heavy (non-hydrogen) atoms. The summed E-state index contributed by atoms with van der Waals surface area (Å²) in [5.41, 5.74) is 2.43. The summed E-state index contributed by atoms with van der Waals surface area (Å²) >= 11 is 5.16. The van der Waals surface area contributed by atoms with E-state index in [2.05, 4.69) is 35.3 Å². The topological polar surface area (TPSA) is 33.6 Å². The highest BCUT2D eigenvalue weighted by Gasteiger charge is 2.03. The lowest BCUT2D eigenvalue weighted by Crippen LogP contribution is -1.98. The van der Waals surface area contributed by atoms with Crippen molar-refractivity contribution in [2.24, 2.45) is 0 Å². The average molecular weight is 219 g/mol. The summed E-state index contributed by atoms with van der Waals surface area (Å²) in [5, 5.41) is 6.70. The Morgan fingerprint density at radius 2 is 2.20 bits per heavy atom. The molecule has 2 aromatic rings. The molecule has 0 unspecified atom stereocenters. The van der Waals surface area contributed by atoms with Crippen molar-refractivity contribution in [2.75, 3.05) is 0 Å². The predicted molar refractivity (Wildman–Crippen MR) is 62.7 cm³/mol.